The highest BCUT2D eigenvalue weighted by Crippen LogP contribution is 2.29. The van der Waals surface area contributed by atoms with Crippen molar-refractivity contribution in [1.29, 1.82) is 0 Å². The van der Waals surface area contributed by atoms with Gasteiger partial charge in [-0.15, -0.1) is 10.2 Å². The predicted molar refractivity (Wildman–Crippen MR) is 68.4 cm³/mol. The van der Waals surface area contributed by atoms with E-state index in [1.54, 1.807) is 12.4 Å². The van der Waals surface area contributed by atoms with E-state index in [9.17, 15) is 5.11 Å². The lowest BCUT2D eigenvalue weighted by molar-refractivity contribution is 0.282. The Morgan fingerprint density at radius 3 is 3.06 bits per heavy atom. The summed E-state index contributed by atoms with van der Waals surface area (Å²) in [7, 11) is 0. The fourth-order valence-corrected chi connectivity index (χ4v) is 2.50. The van der Waals surface area contributed by atoms with Crippen LogP contribution in [0.15, 0.2) is 24.5 Å². The number of anilines is 1. The van der Waals surface area contributed by atoms with Crippen LogP contribution in [0, 0.1) is 0 Å². The van der Waals surface area contributed by atoms with Crippen molar-refractivity contribution in [2.75, 3.05) is 11.4 Å². The summed E-state index contributed by atoms with van der Waals surface area (Å²) < 4.78 is 2.04. The number of benzene rings is 1. The molecule has 0 bridgehead atoms. The SMILES string of the molecule is OCc1c(Cl)cccc1N1CCn2cnnc2C1. The number of rotatable bonds is 2. The van der Waals surface area contributed by atoms with Gasteiger partial charge in [-0.3, -0.25) is 0 Å². The molecule has 0 spiro atoms. The first-order chi connectivity index (χ1) is 8.79. The maximum atomic E-state index is 9.44. The lowest BCUT2D eigenvalue weighted by atomic mass is 10.1. The van der Waals surface area contributed by atoms with Crippen molar-refractivity contribution in [3.63, 3.8) is 0 Å². The van der Waals surface area contributed by atoms with Gasteiger partial charge in [-0.2, -0.15) is 0 Å². The second-order valence-corrected chi connectivity index (χ2v) is 4.66. The Morgan fingerprint density at radius 2 is 2.22 bits per heavy atom. The fraction of sp³-hybridized carbons (Fsp3) is 0.333. The monoisotopic (exact) mass is 264 g/mol. The Kier molecular flexibility index (Phi) is 2.93. The number of hydrogen-bond acceptors (Lipinski definition) is 4. The highest BCUT2D eigenvalue weighted by atomic mass is 35.5. The third-order valence-electron chi connectivity index (χ3n) is 3.23. The molecule has 1 aliphatic rings. The van der Waals surface area contributed by atoms with Crippen molar-refractivity contribution in [2.45, 2.75) is 19.7 Å². The first kappa shape index (κ1) is 11.5. The molecule has 2 heterocycles. The van der Waals surface area contributed by atoms with E-state index < -0.39 is 0 Å². The molecular formula is C12H13ClN4O. The number of aliphatic hydroxyl groups is 1. The lowest BCUT2D eigenvalue weighted by Gasteiger charge is -2.30. The van der Waals surface area contributed by atoms with Gasteiger partial charge in [0, 0.05) is 29.4 Å². The van der Waals surface area contributed by atoms with Gasteiger partial charge in [0.1, 0.15) is 6.33 Å². The topological polar surface area (TPSA) is 54.2 Å². The van der Waals surface area contributed by atoms with Crippen LogP contribution in [0.4, 0.5) is 5.69 Å². The Hall–Kier alpha value is -1.59. The van der Waals surface area contributed by atoms with Crippen LogP contribution in [0.25, 0.3) is 0 Å². The van der Waals surface area contributed by atoms with Gasteiger partial charge in [0.15, 0.2) is 5.82 Å². The minimum Gasteiger partial charge on any atom is -0.392 e. The standard InChI is InChI=1S/C12H13ClN4O/c13-10-2-1-3-11(9(10)7-18)16-4-5-17-8-14-15-12(17)6-16/h1-3,8,18H,4-7H2. The van der Waals surface area contributed by atoms with Gasteiger partial charge < -0.3 is 14.6 Å². The molecule has 1 aliphatic heterocycles. The highest BCUT2D eigenvalue weighted by molar-refractivity contribution is 6.31. The normalized spacial score (nSPS) is 14.7. The maximum Gasteiger partial charge on any atom is 0.152 e. The minimum atomic E-state index is -0.0573. The molecule has 1 aromatic heterocycles. The molecule has 0 radical (unpaired) electrons. The third kappa shape index (κ3) is 1.85. The number of aliphatic hydroxyl groups excluding tert-OH is 1. The largest absolute Gasteiger partial charge is 0.392 e. The molecule has 0 atom stereocenters. The second-order valence-electron chi connectivity index (χ2n) is 4.26. The number of halogens is 1. The maximum absolute atomic E-state index is 9.44. The zero-order valence-corrected chi connectivity index (χ0v) is 10.5. The average Bonchev–Trinajstić information content (AvgIpc) is 2.85. The number of fused-ring (bicyclic) bond motifs is 1. The van der Waals surface area contributed by atoms with E-state index in [-0.39, 0.29) is 6.61 Å². The van der Waals surface area contributed by atoms with Crippen LogP contribution < -0.4 is 4.90 Å². The first-order valence-electron chi connectivity index (χ1n) is 5.79. The number of aromatic nitrogens is 3. The average molecular weight is 265 g/mol. The van der Waals surface area contributed by atoms with Crippen molar-refractivity contribution in [3.8, 4) is 0 Å². The van der Waals surface area contributed by atoms with Crippen molar-refractivity contribution in [2.24, 2.45) is 0 Å². The zero-order chi connectivity index (χ0) is 12.5. The Morgan fingerprint density at radius 1 is 1.33 bits per heavy atom. The summed E-state index contributed by atoms with van der Waals surface area (Å²) in [6.07, 6.45) is 1.75. The summed E-state index contributed by atoms with van der Waals surface area (Å²) in [6, 6.07) is 5.67. The molecule has 0 unspecified atom stereocenters. The molecule has 1 aromatic carbocycles. The molecule has 6 heteroatoms. The van der Waals surface area contributed by atoms with E-state index in [0.29, 0.717) is 11.6 Å². The molecule has 18 heavy (non-hydrogen) atoms. The molecule has 1 N–H and O–H groups in total. The minimum absolute atomic E-state index is 0.0573. The van der Waals surface area contributed by atoms with Gasteiger partial charge in [-0.25, -0.2) is 0 Å². The van der Waals surface area contributed by atoms with E-state index in [2.05, 4.69) is 15.1 Å². The van der Waals surface area contributed by atoms with Crippen LogP contribution in [-0.4, -0.2) is 26.4 Å². The molecule has 5 nitrogen and oxygen atoms in total. The first-order valence-corrected chi connectivity index (χ1v) is 6.17. The van der Waals surface area contributed by atoms with Crippen molar-refractivity contribution < 1.29 is 5.11 Å². The summed E-state index contributed by atoms with van der Waals surface area (Å²) in [6.45, 7) is 2.34. The van der Waals surface area contributed by atoms with Crippen LogP contribution in [0.2, 0.25) is 5.02 Å². The van der Waals surface area contributed by atoms with E-state index in [4.69, 9.17) is 11.6 Å². The van der Waals surface area contributed by atoms with Gasteiger partial charge in [0.25, 0.3) is 0 Å². The summed E-state index contributed by atoms with van der Waals surface area (Å²) >= 11 is 6.11. The molecule has 0 aliphatic carbocycles. The molecule has 94 valence electrons. The smallest absolute Gasteiger partial charge is 0.152 e. The van der Waals surface area contributed by atoms with Gasteiger partial charge in [-0.05, 0) is 12.1 Å². The quantitative estimate of drug-likeness (QED) is 0.892. The zero-order valence-electron chi connectivity index (χ0n) is 9.75. The molecule has 0 amide bonds. The van der Waals surface area contributed by atoms with Crippen LogP contribution >= 0.6 is 11.6 Å². The molecule has 2 aromatic rings. The second kappa shape index (κ2) is 4.59. The van der Waals surface area contributed by atoms with Gasteiger partial charge in [-0.1, -0.05) is 17.7 Å². The van der Waals surface area contributed by atoms with Gasteiger partial charge in [0.05, 0.1) is 13.2 Å². The Balaban J connectivity index is 1.95. The van der Waals surface area contributed by atoms with Crippen molar-refractivity contribution in [1.82, 2.24) is 14.8 Å². The summed E-state index contributed by atoms with van der Waals surface area (Å²) in [4.78, 5) is 2.17. The van der Waals surface area contributed by atoms with Crippen LogP contribution in [0.3, 0.4) is 0 Å². The Bertz CT molecular complexity index is 569. The van der Waals surface area contributed by atoms with E-state index in [1.165, 1.54) is 0 Å². The van der Waals surface area contributed by atoms with Crippen LogP contribution in [0.5, 0.6) is 0 Å². The van der Waals surface area contributed by atoms with E-state index >= 15 is 0 Å². The summed E-state index contributed by atoms with van der Waals surface area (Å²) in [5.74, 6) is 0.935. The molecule has 0 saturated carbocycles. The molecule has 0 saturated heterocycles. The van der Waals surface area contributed by atoms with Crippen molar-refractivity contribution in [3.05, 3.63) is 40.9 Å². The summed E-state index contributed by atoms with van der Waals surface area (Å²) in [5, 5.41) is 18.0. The molecule has 0 fully saturated rings. The summed E-state index contributed by atoms with van der Waals surface area (Å²) in [5.41, 5.74) is 1.74. The van der Waals surface area contributed by atoms with E-state index in [1.807, 2.05) is 16.7 Å². The number of hydrogen-bond donors (Lipinski definition) is 1. The fourth-order valence-electron chi connectivity index (χ4n) is 2.27. The van der Waals surface area contributed by atoms with Crippen LogP contribution in [0.1, 0.15) is 11.4 Å². The van der Waals surface area contributed by atoms with E-state index in [0.717, 1.165) is 30.2 Å². The van der Waals surface area contributed by atoms with Gasteiger partial charge in [0.2, 0.25) is 0 Å². The highest BCUT2D eigenvalue weighted by Gasteiger charge is 2.20. The number of nitrogens with zero attached hydrogens (tertiary/aromatic N) is 4. The molecular weight excluding hydrogens is 252 g/mol. The van der Waals surface area contributed by atoms with Crippen LogP contribution in [-0.2, 0) is 19.7 Å². The third-order valence-corrected chi connectivity index (χ3v) is 3.59. The Labute approximate surface area is 110 Å². The lowest BCUT2D eigenvalue weighted by Crippen LogP contribution is -2.34. The molecule has 3 rings (SSSR count). The van der Waals surface area contributed by atoms with Gasteiger partial charge >= 0.3 is 0 Å². The predicted octanol–water partition coefficient (Wildman–Crippen LogP) is 1.44. The van der Waals surface area contributed by atoms with Crippen molar-refractivity contribution >= 4 is 17.3 Å².